The molecule has 1 aromatic heterocycles. The second kappa shape index (κ2) is 5.10. The SMILES string of the molecule is CCc1nc(=S)cc(-c2ccccc2OC)[nH]1. The number of aromatic amines is 1. The van der Waals surface area contributed by atoms with Crippen LogP contribution in [0.5, 0.6) is 5.75 Å². The van der Waals surface area contributed by atoms with Crippen molar-refractivity contribution in [3.8, 4) is 17.0 Å². The first kappa shape index (κ1) is 11.8. The zero-order chi connectivity index (χ0) is 12.3. The fraction of sp³-hybridized carbons (Fsp3) is 0.231. The normalized spacial score (nSPS) is 10.2. The highest BCUT2D eigenvalue weighted by atomic mass is 32.1. The predicted octanol–water partition coefficient (Wildman–Crippen LogP) is 3.38. The number of ether oxygens (including phenoxy) is 1. The summed E-state index contributed by atoms with van der Waals surface area (Å²) in [4.78, 5) is 7.52. The van der Waals surface area contributed by atoms with Gasteiger partial charge in [-0.05, 0) is 18.2 Å². The number of hydrogen-bond acceptors (Lipinski definition) is 3. The Morgan fingerprint density at radius 3 is 2.82 bits per heavy atom. The maximum atomic E-state index is 5.34. The smallest absolute Gasteiger partial charge is 0.130 e. The van der Waals surface area contributed by atoms with Gasteiger partial charge < -0.3 is 9.72 Å². The zero-order valence-corrected chi connectivity index (χ0v) is 10.7. The number of H-pyrrole nitrogens is 1. The van der Waals surface area contributed by atoms with E-state index in [1.807, 2.05) is 37.3 Å². The predicted molar refractivity (Wildman–Crippen MR) is 70.8 cm³/mol. The van der Waals surface area contributed by atoms with E-state index >= 15 is 0 Å². The van der Waals surface area contributed by atoms with Crippen LogP contribution in [0.4, 0.5) is 0 Å². The standard InChI is InChI=1S/C13H14N2OS/c1-3-12-14-10(8-13(17)15-12)9-6-4-5-7-11(9)16-2/h4-8H,3H2,1-2H3,(H,14,15,17). The minimum absolute atomic E-state index is 0.599. The Balaban J connectivity index is 2.59. The highest BCUT2D eigenvalue weighted by molar-refractivity contribution is 7.71. The van der Waals surface area contributed by atoms with Gasteiger partial charge in [0.1, 0.15) is 16.2 Å². The molecule has 0 spiro atoms. The summed E-state index contributed by atoms with van der Waals surface area (Å²) < 4.78 is 5.94. The van der Waals surface area contributed by atoms with Gasteiger partial charge in [-0.1, -0.05) is 31.3 Å². The molecule has 0 amide bonds. The van der Waals surface area contributed by atoms with Crippen LogP contribution in [0.15, 0.2) is 30.3 Å². The van der Waals surface area contributed by atoms with Gasteiger partial charge in [0, 0.05) is 12.0 Å². The molecule has 0 fully saturated rings. The maximum absolute atomic E-state index is 5.34. The molecule has 0 aliphatic rings. The highest BCUT2D eigenvalue weighted by Crippen LogP contribution is 2.27. The van der Waals surface area contributed by atoms with Crippen LogP contribution in [-0.4, -0.2) is 17.1 Å². The van der Waals surface area contributed by atoms with E-state index in [2.05, 4.69) is 9.97 Å². The Labute approximate surface area is 105 Å². The summed E-state index contributed by atoms with van der Waals surface area (Å²) in [5.74, 6) is 1.71. The highest BCUT2D eigenvalue weighted by Gasteiger charge is 2.06. The van der Waals surface area contributed by atoms with E-state index in [9.17, 15) is 0 Å². The molecule has 4 heteroatoms. The lowest BCUT2D eigenvalue weighted by Gasteiger charge is -2.09. The Hall–Kier alpha value is -1.68. The molecule has 0 saturated heterocycles. The summed E-state index contributed by atoms with van der Waals surface area (Å²) in [5.41, 5.74) is 1.94. The van der Waals surface area contributed by atoms with Crippen LogP contribution in [0.1, 0.15) is 12.7 Å². The molecule has 0 aliphatic carbocycles. The Bertz CT molecular complexity index is 578. The van der Waals surface area contributed by atoms with Crippen molar-refractivity contribution in [3.63, 3.8) is 0 Å². The Morgan fingerprint density at radius 2 is 2.12 bits per heavy atom. The third-order valence-corrected chi connectivity index (χ3v) is 2.73. The van der Waals surface area contributed by atoms with Crippen LogP contribution in [-0.2, 0) is 6.42 Å². The number of rotatable bonds is 3. The van der Waals surface area contributed by atoms with Crippen molar-refractivity contribution in [3.05, 3.63) is 40.8 Å². The molecule has 0 saturated carbocycles. The van der Waals surface area contributed by atoms with Gasteiger partial charge in [0.25, 0.3) is 0 Å². The average Bonchev–Trinajstić information content (AvgIpc) is 2.37. The third-order valence-electron chi connectivity index (χ3n) is 2.52. The van der Waals surface area contributed by atoms with Gasteiger partial charge in [-0.25, -0.2) is 4.98 Å². The maximum Gasteiger partial charge on any atom is 0.130 e. The molecule has 1 aromatic carbocycles. The minimum Gasteiger partial charge on any atom is -0.496 e. The second-order valence-electron chi connectivity index (χ2n) is 3.63. The summed E-state index contributed by atoms with van der Waals surface area (Å²) in [6.45, 7) is 2.04. The summed E-state index contributed by atoms with van der Waals surface area (Å²) in [6, 6.07) is 9.70. The van der Waals surface area contributed by atoms with E-state index < -0.39 is 0 Å². The van der Waals surface area contributed by atoms with Crippen molar-refractivity contribution >= 4 is 12.2 Å². The molecular formula is C13H14N2OS. The number of benzene rings is 1. The molecule has 0 aliphatic heterocycles. The van der Waals surface area contributed by atoms with Crippen molar-refractivity contribution in [2.45, 2.75) is 13.3 Å². The van der Waals surface area contributed by atoms with E-state index in [1.165, 1.54) is 0 Å². The molecule has 2 aromatic rings. The van der Waals surface area contributed by atoms with E-state index in [-0.39, 0.29) is 0 Å². The number of nitrogens with one attached hydrogen (secondary N) is 1. The quantitative estimate of drug-likeness (QED) is 0.844. The molecular weight excluding hydrogens is 232 g/mol. The summed E-state index contributed by atoms with van der Waals surface area (Å²) in [7, 11) is 1.66. The summed E-state index contributed by atoms with van der Waals surface area (Å²) in [6.07, 6.45) is 0.826. The van der Waals surface area contributed by atoms with Gasteiger partial charge in [0.05, 0.1) is 12.8 Å². The lowest BCUT2D eigenvalue weighted by Crippen LogP contribution is -1.96. The topological polar surface area (TPSA) is 37.9 Å². The van der Waals surface area contributed by atoms with Crippen molar-refractivity contribution in [1.29, 1.82) is 0 Å². The van der Waals surface area contributed by atoms with Crippen LogP contribution < -0.4 is 4.74 Å². The fourth-order valence-electron chi connectivity index (χ4n) is 1.69. The molecule has 3 nitrogen and oxygen atoms in total. The van der Waals surface area contributed by atoms with Crippen LogP contribution in [0.3, 0.4) is 0 Å². The van der Waals surface area contributed by atoms with Crippen molar-refractivity contribution in [1.82, 2.24) is 9.97 Å². The van der Waals surface area contributed by atoms with E-state index in [0.717, 1.165) is 29.3 Å². The molecule has 0 bridgehead atoms. The van der Waals surface area contributed by atoms with Gasteiger partial charge >= 0.3 is 0 Å². The lowest BCUT2D eigenvalue weighted by atomic mass is 10.1. The van der Waals surface area contributed by atoms with Crippen molar-refractivity contribution in [2.24, 2.45) is 0 Å². The molecule has 88 valence electrons. The van der Waals surface area contributed by atoms with Crippen molar-refractivity contribution in [2.75, 3.05) is 7.11 Å². The first-order valence-electron chi connectivity index (χ1n) is 5.48. The molecule has 1 N–H and O–H groups in total. The molecule has 2 rings (SSSR count). The minimum atomic E-state index is 0.599. The number of aryl methyl sites for hydroxylation is 1. The van der Waals surface area contributed by atoms with Gasteiger partial charge in [-0.15, -0.1) is 0 Å². The number of para-hydroxylation sites is 1. The molecule has 17 heavy (non-hydrogen) atoms. The summed E-state index contributed by atoms with van der Waals surface area (Å²) in [5, 5.41) is 0. The number of nitrogens with zero attached hydrogens (tertiary/aromatic N) is 1. The molecule has 0 unspecified atom stereocenters. The largest absolute Gasteiger partial charge is 0.496 e. The first-order chi connectivity index (χ1) is 8.24. The second-order valence-corrected chi connectivity index (χ2v) is 4.05. The van der Waals surface area contributed by atoms with Gasteiger partial charge in [-0.3, -0.25) is 0 Å². The van der Waals surface area contributed by atoms with E-state index in [0.29, 0.717) is 4.64 Å². The molecule has 1 heterocycles. The third kappa shape index (κ3) is 2.53. The van der Waals surface area contributed by atoms with Crippen LogP contribution in [0.25, 0.3) is 11.3 Å². The molecule has 0 atom stereocenters. The monoisotopic (exact) mass is 246 g/mol. The Morgan fingerprint density at radius 1 is 1.35 bits per heavy atom. The average molecular weight is 246 g/mol. The van der Waals surface area contributed by atoms with Gasteiger partial charge in [0.15, 0.2) is 0 Å². The zero-order valence-electron chi connectivity index (χ0n) is 9.86. The Kier molecular flexibility index (Phi) is 3.54. The van der Waals surface area contributed by atoms with E-state index in [4.69, 9.17) is 17.0 Å². The first-order valence-corrected chi connectivity index (χ1v) is 5.89. The van der Waals surface area contributed by atoms with E-state index in [1.54, 1.807) is 7.11 Å². The molecule has 0 radical (unpaired) electrons. The van der Waals surface area contributed by atoms with Gasteiger partial charge in [-0.2, -0.15) is 0 Å². The van der Waals surface area contributed by atoms with Crippen LogP contribution in [0.2, 0.25) is 0 Å². The number of aromatic nitrogens is 2. The van der Waals surface area contributed by atoms with Gasteiger partial charge in [0.2, 0.25) is 0 Å². The number of methoxy groups -OCH3 is 1. The van der Waals surface area contributed by atoms with Crippen LogP contribution >= 0.6 is 12.2 Å². The number of hydrogen-bond donors (Lipinski definition) is 1. The van der Waals surface area contributed by atoms with Crippen LogP contribution in [0, 0.1) is 4.64 Å². The van der Waals surface area contributed by atoms with Crippen molar-refractivity contribution < 1.29 is 4.74 Å². The lowest BCUT2D eigenvalue weighted by molar-refractivity contribution is 0.416. The summed E-state index contributed by atoms with van der Waals surface area (Å²) >= 11 is 5.16. The fourth-order valence-corrected chi connectivity index (χ4v) is 1.92.